The molecule has 1 aromatic heterocycles. The molecule has 0 saturated carbocycles. The molecule has 0 fully saturated rings. The molecule has 0 saturated heterocycles. The number of nitrogens with zero attached hydrogens (tertiary/aromatic N) is 2. The van der Waals surface area contributed by atoms with Gasteiger partial charge in [-0.3, -0.25) is 4.79 Å². The molecule has 1 aromatic carbocycles. The van der Waals surface area contributed by atoms with E-state index < -0.39 is 27.3 Å². The fourth-order valence-corrected chi connectivity index (χ4v) is 3.86. The highest BCUT2D eigenvalue weighted by Crippen LogP contribution is 2.35. The van der Waals surface area contributed by atoms with Gasteiger partial charge in [-0.1, -0.05) is 17.2 Å². The SMILES string of the molecule is CCn1nc(C)c(C(=O)c2ccc(Cl)c(C(C)=C(C)C)c2C)c1OS(=O)(=O)C(F)(F)F. The Morgan fingerprint density at radius 1 is 1.16 bits per heavy atom. The number of carbonyl (C=O) groups excluding carboxylic acids is 1. The van der Waals surface area contributed by atoms with E-state index in [9.17, 15) is 26.4 Å². The molecule has 2 aromatic rings. The summed E-state index contributed by atoms with van der Waals surface area (Å²) in [5.41, 5.74) is -2.90. The minimum Gasteiger partial charge on any atom is -0.355 e. The summed E-state index contributed by atoms with van der Waals surface area (Å²) in [6.07, 6.45) is 0. The number of alkyl halides is 3. The molecule has 0 aliphatic heterocycles. The third-order valence-corrected chi connectivity index (χ3v) is 6.12. The monoisotopic (exact) mass is 478 g/mol. The third kappa shape index (κ3) is 4.64. The van der Waals surface area contributed by atoms with Gasteiger partial charge in [0.15, 0.2) is 0 Å². The van der Waals surface area contributed by atoms with Gasteiger partial charge in [0.05, 0.1) is 5.69 Å². The van der Waals surface area contributed by atoms with E-state index in [0.29, 0.717) is 16.1 Å². The molecule has 11 heteroatoms. The third-order valence-electron chi connectivity index (χ3n) is 4.86. The summed E-state index contributed by atoms with van der Waals surface area (Å²) in [5.74, 6) is -1.50. The van der Waals surface area contributed by atoms with Gasteiger partial charge in [-0.25, -0.2) is 4.68 Å². The van der Waals surface area contributed by atoms with Crippen molar-refractivity contribution in [2.24, 2.45) is 0 Å². The van der Waals surface area contributed by atoms with Crippen molar-refractivity contribution in [3.8, 4) is 5.88 Å². The van der Waals surface area contributed by atoms with Crippen LogP contribution in [0.15, 0.2) is 17.7 Å². The maximum Gasteiger partial charge on any atom is 0.534 e. The van der Waals surface area contributed by atoms with E-state index in [-0.39, 0.29) is 23.4 Å². The summed E-state index contributed by atoms with van der Waals surface area (Å²) in [6.45, 7) is 10.2. The molecule has 0 spiro atoms. The highest BCUT2D eigenvalue weighted by Gasteiger charge is 2.49. The Morgan fingerprint density at radius 3 is 2.23 bits per heavy atom. The van der Waals surface area contributed by atoms with Gasteiger partial charge >= 0.3 is 15.6 Å². The van der Waals surface area contributed by atoms with Gasteiger partial charge in [-0.15, -0.1) is 0 Å². The van der Waals surface area contributed by atoms with Crippen LogP contribution in [0.2, 0.25) is 5.02 Å². The van der Waals surface area contributed by atoms with Crippen molar-refractivity contribution in [2.75, 3.05) is 0 Å². The van der Waals surface area contributed by atoms with Crippen LogP contribution in [0.1, 0.15) is 60.4 Å². The molecule has 0 atom stereocenters. The summed E-state index contributed by atoms with van der Waals surface area (Å²) >= 11 is 6.33. The van der Waals surface area contributed by atoms with Crippen molar-refractivity contribution in [3.63, 3.8) is 0 Å². The highest BCUT2D eigenvalue weighted by molar-refractivity contribution is 7.88. The Kier molecular flexibility index (Phi) is 6.97. The van der Waals surface area contributed by atoms with Crippen LogP contribution in [0.5, 0.6) is 5.88 Å². The van der Waals surface area contributed by atoms with Crippen molar-refractivity contribution in [1.29, 1.82) is 0 Å². The Hall–Kier alpha value is -2.33. The molecule has 0 aliphatic carbocycles. The summed E-state index contributed by atoms with van der Waals surface area (Å²) < 4.78 is 67.2. The topological polar surface area (TPSA) is 78.3 Å². The van der Waals surface area contributed by atoms with Crippen LogP contribution in [-0.4, -0.2) is 29.5 Å². The van der Waals surface area contributed by atoms with Crippen molar-refractivity contribution in [1.82, 2.24) is 9.78 Å². The average Bonchev–Trinajstić information content (AvgIpc) is 2.94. The molecule has 0 bridgehead atoms. The first-order valence-corrected chi connectivity index (χ1v) is 11.0. The summed E-state index contributed by atoms with van der Waals surface area (Å²) in [6, 6.07) is 2.95. The Bertz CT molecular complexity index is 1180. The van der Waals surface area contributed by atoms with E-state index in [0.717, 1.165) is 15.8 Å². The number of ketones is 1. The van der Waals surface area contributed by atoms with Crippen molar-refractivity contribution >= 4 is 33.1 Å². The molecule has 0 N–H and O–H groups in total. The van der Waals surface area contributed by atoms with Crippen LogP contribution >= 0.6 is 11.6 Å². The van der Waals surface area contributed by atoms with E-state index in [1.54, 1.807) is 6.92 Å². The lowest BCUT2D eigenvalue weighted by Gasteiger charge is -2.16. The largest absolute Gasteiger partial charge is 0.534 e. The zero-order chi connectivity index (χ0) is 23.9. The predicted octanol–water partition coefficient (Wildman–Crippen LogP) is 5.45. The van der Waals surface area contributed by atoms with Gasteiger partial charge < -0.3 is 4.18 Å². The summed E-state index contributed by atoms with van der Waals surface area (Å²) in [5, 5.41) is 4.39. The van der Waals surface area contributed by atoms with Crippen LogP contribution in [0.25, 0.3) is 5.57 Å². The quantitative estimate of drug-likeness (QED) is 0.313. The van der Waals surface area contributed by atoms with Gasteiger partial charge in [0.2, 0.25) is 11.7 Å². The number of benzene rings is 1. The lowest BCUT2D eigenvalue weighted by Crippen LogP contribution is -2.29. The second-order valence-corrected chi connectivity index (χ2v) is 9.06. The summed E-state index contributed by atoms with van der Waals surface area (Å²) in [7, 11) is -6.00. The van der Waals surface area contributed by atoms with Gasteiger partial charge in [0.25, 0.3) is 0 Å². The molecule has 0 amide bonds. The van der Waals surface area contributed by atoms with Crippen molar-refractivity contribution < 1.29 is 30.6 Å². The van der Waals surface area contributed by atoms with Crippen LogP contribution in [-0.2, 0) is 16.7 Å². The normalized spacial score (nSPS) is 12.1. The minimum absolute atomic E-state index is 0.0153. The number of aromatic nitrogens is 2. The first-order chi connectivity index (χ1) is 14.1. The van der Waals surface area contributed by atoms with Gasteiger partial charge in [0.1, 0.15) is 5.56 Å². The number of hydrogen-bond acceptors (Lipinski definition) is 5. The molecule has 1 heterocycles. The number of halogens is 4. The smallest absolute Gasteiger partial charge is 0.355 e. The lowest BCUT2D eigenvalue weighted by atomic mass is 9.91. The van der Waals surface area contributed by atoms with Gasteiger partial charge in [-0.05, 0) is 70.4 Å². The van der Waals surface area contributed by atoms with Crippen LogP contribution < -0.4 is 4.18 Å². The maximum absolute atomic E-state index is 13.4. The van der Waals surface area contributed by atoms with E-state index in [4.69, 9.17) is 11.6 Å². The Morgan fingerprint density at radius 2 is 1.74 bits per heavy atom. The molecule has 170 valence electrons. The zero-order valence-corrected chi connectivity index (χ0v) is 19.4. The Labute approximate surface area is 183 Å². The van der Waals surface area contributed by atoms with Crippen molar-refractivity contribution in [2.45, 2.75) is 53.6 Å². The van der Waals surface area contributed by atoms with Crippen molar-refractivity contribution in [3.05, 3.63) is 50.7 Å². The molecule has 0 unspecified atom stereocenters. The second-order valence-electron chi connectivity index (χ2n) is 7.11. The zero-order valence-electron chi connectivity index (χ0n) is 17.8. The fraction of sp³-hybridized carbons (Fsp3) is 0.400. The van der Waals surface area contributed by atoms with E-state index in [1.807, 2.05) is 20.8 Å². The number of aryl methyl sites for hydroxylation is 2. The standard InChI is InChI=1S/C20H22ClF3N2O4S/c1-7-26-19(30-31(28,29)20(22,23)24)17(13(6)25-26)18(27)14-8-9-15(21)16(12(14)5)11(4)10(2)3/h8-9H,7H2,1-6H3. The van der Waals surface area contributed by atoms with E-state index >= 15 is 0 Å². The Balaban J connectivity index is 2.74. The minimum atomic E-state index is -6.00. The molecular formula is C20H22ClF3N2O4S. The van der Waals surface area contributed by atoms with E-state index in [1.165, 1.54) is 26.0 Å². The molecular weight excluding hydrogens is 457 g/mol. The van der Waals surface area contributed by atoms with Crippen LogP contribution in [0.3, 0.4) is 0 Å². The average molecular weight is 479 g/mol. The van der Waals surface area contributed by atoms with Crippen LogP contribution in [0.4, 0.5) is 13.2 Å². The van der Waals surface area contributed by atoms with E-state index in [2.05, 4.69) is 9.28 Å². The lowest BCUT2D eigenvalue weighted by molar-refractivity contribution is -0.0502. The molecule has 0 radical (unpaired) electrons. The first-order valence-electron chi connectivity index (χ1n) is 9.20. The molecule has 2 rings (SSSR count). The summed E-state index contributed by atoms with van der Waals surface area (Å²) in [4.78, 5) is 13.4. The molecule has 6 nitrogen and oxygen atoms in total. The van der Waals surface area contributed by atoms with Gasteiger partial charge in [0, 0.05) is 17.1 Å². The fourth-order valence-electron chi connectivity index (χ4n) is 3.04. The van der Waals surface area contributed by atoms with Gasteiger partial charge in [-0.2, -0.15) is 26.7 Å². The van der Waals surface area contributed by atoms with Crippen LogP contribution in [0, 0.1) is 13.8 Å². The maximum atomic E-state index is 13.4. The predicted molar refractivity (Wildman–Crippen MR) is 112 cm³/mol. The molecule has 31 heavy (non-hydrogen) atoms. The number of rotatable bonds is 6. The number of hydrogen-bond donors (Lipinski definition) is 0. The first kappa shape index (κ1) is 24.9. The number of allylic oxidation sites excluding steroid dienone is 2. The highest BCUT2D eigenvalue weighted by atomic mass is 35.5. The number of carbonyl (C=O) groups is 1. The second kappa shape index (κ2) is 8.66. The molecule has 0 aliphatic rings.